The maximum absolute atomic E-state index is 12.3. The van der Waals surface area contributed by atoms with Crippen molar-refractivity contribution in [2.45, 2.75) is 31.8 Å². The Bertz CT molecular complexity index is 622. The van der Waals surface area contributed by atoms with E-state index in [2.05, 4.69) is 27.6 Å². The van der Waals surface area contributed by atoms with Gasteiger partial charge in [0.15, 0.2) is 0 Å². The van der Waals surface area contributed by atoms with Gasteiger partial charge in [-0.25, -0.2) is 0 Å². The molecule has 0 aromatic carbocycles. The van der Waals surface area contributed by atoms with Gasteiger partial charge in [-0.3, -0.25) is 14.4 Å². The molecular weight excluding hydrogens is 296 g/mol. The van der Waals surface area contributed by atoms with Gasteiger partial charge in [-0.05, 0) is 37.8 Å². The van der Waals surface area contributed by atoms with Crippen molar-refractivity contribution in [3.05, 3.63) is 40.3 Å². The summed E-state index contributed by atoms with van der Waals surface area (Å²) in [7, 11) is 1.93. The average molecular weight is 318 g/mol. The van der Waals surface area contributed by atoms with Gasteiger partial charge >= 0.3 is 0 Å². The Balaban J connectivity index is 1.58. The zero-order valence-electron chi connectivity index (χ0n) is 13.0. The number of aryl methyl sites for hydroxylation is 1. The maximum Gasteiger partial charge on any atom is 0.234 e. The fourth-order valence-corrected chi connectivity index (χ4v) is 3.82. The number of likely N-dealkylation sites (tertiary alicyclic amines) is 1. The van der Waals surface area contributed by atoms with Gasteiger partial charge in [-0.1, -0.05) is 6.07 Å². The van der Waals surface area contributed by atoms with E-state index >= 15 is 0 Å². The van der Waals surface area contributed by atoms with Gasteiger partial charge in [0, 0.05) is 29.7 Å². The molecule has 1 N–H and O–H groups in total. The minimum Gasteiger partial charge on any atom is -0.348 e. The monoisotopic (exact) mass is 318 g/mol. The van der Waals surface area contributed by atoms with E-state index in [1.807, 2.05) is 36.3 Å². The van der Waals surface area contributed by atoms with Gasteiger partial charge in [0.1, 0.15) is 0 Å². The molecule has 3 rings (SSSR count). The van der Waals surface area contributed by atoms with Crippen molar-refractivity contribution in [2.75, 3.05) is 13.1 Å². The molecule has 0 aliphatic carbocycles. The lowest BCUT2D eigenvalue weighted by molar-refractivity contribution is -0.123. The topological polar surface area (TPSA) is 50.2 Å². The Hall–Kier alpha value is -1.66. The Morgan fingerprint density at radius 3 is 3.14 bits per heavy atom. The molecule has 0 bridgehead atoms. The summed E-state index contributed by atoms with van der Waals surface area (Å²) in [6, 6.07) is 4.47. The largest absolute Gasteiger partial charge is 0.348 e. The number of aromatic nitrogens is 2. The third-order valence-electron chi connectivity index (χ3n) is 4.17. The van der Waals surface area contributed by atoms with Gasteiger partial charge in [-0.2, -0.15) is 5.10 Å². The van der Waals surface area contributed by atoms with Crippen LogP contribution in [0.2, 0.25) is 0 Å². The molecule has 1 saturated heterocycles. The smallest absolute Gasteiger partial charge is 0.234 e. The van der Waals surface area contributed by atoms with Crippen LogP contribution in [-0.4, -0.2) is 33.7 Å². The number of nitrogens with zero attached hydrogens (tertiary/aromatic N) is 3. The molecule has 2 aromatic heterocycles. The minimum atomic E-state index is 0.0759. The second-order valence-corrected chi connectivity index (χ2v) is 6.86. The summed E-state index contributed by atoms with van der Waals surface area (Å²) in [6.45, 7) is 3.46. The maximum atomic E-state index is 12.3. The number of carbonyl (C=O) groups excluding carboxylic acids is 1. The molecule has 3 heterocycles. The Morgan fingerprint density at radius 1 is 1.59 bits per heavy atom. The van der Waals surface area contributed by atoms with E-state index in [1.165, 1.54) is 10.4 Å². The Kier molecular flexibility index (Phi) is 4.59. The van der Waals surface area contributed by atoms with E-state index in [0.717, 1.165) is 19.4 Å². The number of rotatable bonds is 5. The first-order valence-electron chi connectivity index (χ1n) is 7.69. The number of hydrogen-bond acceptors (Lipinski definition) is 4. The molecule has 1 aliphatic rings. The van der Waals surface area contributed by atoms with Crippen molar-refractivity contribution in [2.24, 2.45) is 7.05 Å². The van der Waals surface area contributed by atoms with E-state index in [4.69, 9.17) is 0 Å². The first-order valence-corrected chi connectivity index (χ1v) is 8.57. The predicted octanol–water partition coefficient (Wildman–Crippen LogP) is 2.50. The molecule has 5 nitrogen and oxygen atoms in total. The van der Waals surface area contributed by atoms with Crippen LogP contribution in [0.4, 0.5) is 0 Å². The van der Waals surface area contributed by atoms with Crippen molar-refractivity contribution in [1.29, 1.82) is 0 Å². The van der Waals surface area contributed by atoms with Gasteiger partial charge < -0.3 is 5.32 Å². The van der Waals surface area contributed by atoms with E-state index in [9.17, 15) is 4.79 Å². The highest BCUT2D eigenvalue weighted by Crippen LogP contribution is 2.31. The first-order chi connectivity index (χ1) is 10.6. The first kappa shape index (κ1) is 15.2. The number of hydrogen-bond donors (Lipinski definition) is 1. The summed E-state index contributed by atoms with van der Waals surface area (Å²) < 4.78 is 1.82. The number of amides is 1. The molecule has 2 aromatic rings. The molecule has 118 valence electrons. The highest BCUT2D eigenvalue weighted by molar-refractivity contribution is 7.10. The van der Waals surface area contributed by atoms with Crippen molar-refractivity contribution in [1.82, 2.24) is 20.0 Å². The van der Waals surface area contributed by atoms with Crippen molar-refractivity contribution in [3.63, 3.8) is 0 Å². The summed E-state index contributed by atoms with van der Waals surface area (Å²) in [6.07, 6.45) is 6.19. The van der Waals surface area contributed by atoms with Crippen LogP contribution in [0.5, 0.6) is 0 Å². The summed E-state index contributed by atoms with van der Waals surface area (Å²) in [4.78, 5) is 15.8. The van der Waals surface area contributed by atoms with Crippen LogP contribution < -0.4 is 5.32 Å². The van der Waals surface area contributed by atoms with E-state index in [0.29, 0.717) is 12.6 Å². The van der Waals surface area contributed by atoms with E-state index in [-0.39, 0.29) is 11.9 Å². The van der Waals surface area contributed by atoms with E-state index in [1.54, 1.807) is 11.3 Å². The summed E-state index contributed by atoms with van der Waals surface area (Å²) in [5.41, 5.74) is 1.21. The molecule has 2 atom stereocenters. The molecular formula is C16H22N4OS. The molecule has 1 aliphatic heterocycles. The SMILES string of the molecule is C[C@@H](NC(=O)CN1CCC[C@@H]1c1cnn(C)c1)c1cccs1. The predicted molar refractivity (Wildman–Crippen MR) is 87.6 cm³/mol. The van der Waals surface area contributed by atoms with Crippen LogP contribution in [-0.2, 0) is 11.8 Å². The van der Waals surface area contributed by atoms with Gasteiger partial charge in [0.05, 0.1) is 18.8 Å². The third kappa shape index (κ3) is 3.39. The molecule has 6 heteroatoms. The molecule has 0 unspecified atom stereocenters. The van der Waals surface area contributed by atoms with Crippen LogP contribution in [0.25, 0.3) is 0 Å². The van der Waals surface area contributed by atoms with Crippen LogP contribution in [0.1, 0.15) is 42.3 Å². The second-order valence-electron chi connectivity index (χ2n) is 5.88. The van der Waals surface area contributed by atoms with Crippen LogP contribution in [0.15, 0.2) is 29.9 Å². The van der Waals surface area contributed by atoms with Gasteiger partial charge in [0.25, 0.3) is 0 Å². The minimum absolute atomic E-state index is 0.0759. The fourth-order valence-electron chi connectivity index (χ4n) is 3.09. The highest BCUT2D eigenvalue weighted by Gasteiger charge is 2.28. The van der Waals surface area contributed by atoms with Crippen molar-refractivity contribution in [3.8, 4) is 0 Å². The zero-order valence-corrected chi connectivity index (χ0v) is 13.8. The molecule has 1 fully saturated rings. The Morgan fingerprint density at radius 2 is 2.45 bits per heavy atom. The summed E-state index contributed by atoms with van der Waals surface area (Å²) in [5.74, 6) is 0.0942. The molecule has 0 saturated carbocycles. The van der Waals surface area contributed by atoms with Gasteiger partial charge in [-0.15, -0.1) is 11.3 Å². The third-order valence-corrected chi connectivity index (χ3v) is 5.22. The Labute approximate surface area is 134 Å². The van der Waals surface area contributed by atoms with Gasteiger partial charge in [0.2, 0.25) is 5.91 Å². The molecule has 0 spiro atoms. The highest BCUT2D eigenvalue weighted by atomic mass is 32.1. The lowest BCUT2D eigenvalue weighted by Gasteiger charge is -2.23. The summed E-state index contributed by atoms with van der Waals surface area (Å²) in [5, 5.41) is 9.38. The fraction of sp³-hybridized carbons (Fsp3) is 0.500. The quantitative estimate of drug-likeness (QED) is 0.921. The second kappa shape index (κ2) is 6.62. The van der Waals surface area contributed by atoms with Crippen molar-refractivity contribution >= 4 is 17.2 Å². The number of nitrogens with one attached hydrogen (secondary N) is 1. The number of thiophene rings is 1. The molecule has 22 heavy (non-hydrogen) atoms. The number of carbonyl (C=O) groups is 1. The van der Waals surface area contributed by atoms with Crippen LogP contribution in [0.3, 0.4) is 0 Å². The van der Waals surface area contributed by atoms with Crippen molar-refractivity contribution < 1.29 is 4.79 Å². The lowest BCUT2D eigenvalue weighted by atomic mass is 10.1. The van der Waals surface area contributed by atoms with E-state index < -0.39 is 0 Å². The van der Waals surface area contributed by atoms with Crippen LogP contribution >= 0.6 is 11.3 Å². The molecule has 0 radical (unpaired) electrons. The van der Waals surface area contributed by atoms with Crippen LogP contribution in [0, 0.1) is 0 Å². The normalized spacial score (nSPS) is 20.2. The zero-order chi connectivity index (χ0) is 15.5. The standard InChI is InChI=1S/C16H22N4OS/c1-12(15-6-4-8-22-15)18-16(21)11-20-7-3-5-14(20)13-9-17-19(2)10-13/h4,6,8-10,12,14H,3,5,7,11H2,1-2H3,(H,18,21)/t12-,14-/m1/s1. The molecule has 1 amide bonds. The lowest BCUT2D eigenvalue weighted by Crippen LogP contribution is -2.37. The average Bonchev–Trinajstić information content (AvgIpc) is 3.18. The summed E-state index contributed by atoms with van der Waals surface area (Å²) >= 11 is 1.68.